The Labute approximate surface area is 156 Å². The van der Waals surface area contributed by atoms with Gasteiger partial charge in [0.1, 0.15) is 4.75 Å². The van der Waals surface area contributed by atoms with Crippen molar-refractivity contribution in [3.05, 3.63) is 0 Å². The summed E-state index contributed by atoms with van der Waals surface area (Å²) in [7, 11) is -4.21. The van der Waals surface area contributed by atoms with Crippen molar-refractivity contribution in [2.24, 2.45) is 5.92 Å². The van der Waals surface area contributed by atoms with Gasteiger partial charge in [-0.1, -0.05) is 0 Å². The monoisotopic (exact) mass is 414 g/mol. The molecule has 0 radical (unpaired) electrons. The first-order chi connectivity index (χ1) is 12.3. The highest BCUT2D eigenvalue weighted by molar-refractivity contribution is 7.93. The summed E-state index contributed by atoms with van der Waals surface area (Å²) in [6.45, 7) is 3.05. The minimum atomic E-state index is -4.48. The van der Waals surface area contributed by atoms with Gasteiger partial charge in [0.05, 0.1) is 12.2 Å². The van der Waals surface area contributed by atoms with Crippen LogP contribution in [0, 0.1) is 11.3 Å². The number of carbonyl (C=O) groups excluding carboxylic acids is 2. The second kappa shape index (κ2) is 9.13. The molecule has 0 spiro atoms. The van der Waals surface area contributed by atoms with Crippen molar-refractivity contribution in [1.29, 1.82) is 5.41 Å². The molecule has 1 saturated heterocycles. The van der Waals surface area contributed by atoms with Crippen LogP contribution in [0.4, 0.5) is 13.2 Å². The normalized spacial score (nSPS) is 16.8. The maximum absolute atomic E-state index is 12.2. The molecule has 0 bridgehead atoms. The van der Waals surface area contributed by atoms with Crippen LogP contribution in [0.5, 0.6) is 0 Å². The summed E-state index contributed by atoms with van der Waals surface area (Å²) >= 11 is 0. The molecule has 11 heteroatoms. The summed E-state index contributed by atoms with van der Waals surface area (Å²) in [5.41, 5.74) is 0.134. The molecule has 1 rings (SSSR count). The lowest BCUT2D eigenvalue weighted by Gasteiger charge is -2.25. The summed E-state index contributed by atoms with van der Waals surface area (Å²) in [5.74, 6) is -2.87. The summed E-state index contributed by atoms with van der Waals surface area (Å²) in [6.07, 6.45) is -5.57. The number of imide groups is 1. The first kappa shape index (κ1) is 23.5. The molecule has 0 atom stereocenters. The van der Waals surface area contributed by atoms with Crippen molar-refractivity contribution >= 4 is 27.4 Å². The van der Waals surface area contributed by atoms with Crippen LogP contribution in [0.3, 0.4) is 0 Å². The number of rotatable bonds is 8. The molecule has 2 amide bonds. The zero-order valence-corrected chi connectivity index (χ0v) is 16.1. The Morgan fingerprint density at radius 1 is 1.19 bits per heavy atom. The first-order valence-corrected chi connectivity index (χ1v) is 10.2. The number of amides is 2. The van der Waals surface area contributed by atoms with Gasteiger partial charge in [-0.2, -0.15) is 13.2 Å². The van der Waals surface area contributed by atoms with Gasteiger partial charge in [0.15, 0.2) is 9.84 Å². The molecule has 27 heavy (non-hydrogen) atoms. The number of hydrogen-bond acceptors (Lipinski definition) is 6. The lowest BCUT2D eigenvalue weighted by atomic mass is 9.92. The van der Waals surface area contributed by atoms with E-state index in [9.17, 15) is 31.2 Å². The lowest BCUT2D eigenvalue weighted by Crippen LogP contribution is -2.51. The molecule has 0 saturated carbocycles. The minimum absolute atomic E-state index is 0.126. The molecule has 156 valence electrons. The summed E-state index contributed by atoms with van der Waals surface area (Å²) in [4.78, 5) is 24.2. The fraction of sp³-hybridized carbons (Fsp3) is 0.812. The lowest BCUT2D eigenvalue weighted by molar-refractivity contribution is -0.134. The van der Waals surface area contributed by atoms with E-state index < -0.39 is 51.2 Å². The van der Waals surface area contributed by atoms with Crippen LogP contribution in [0.25, 0.3) is 0 Å². The van der Waals surface area contributed by atoms with Gasteiger partial charge in [-0.05, 0) is 33.1 Å². The van der Waals surface area contributed by atoms with Crippen molar-refractivity contribution in [2.45, 2.75) is 56.9 Å². The SMILES string of the molecule is CC(C)(C(=O)NC(=O)CC(=N)C1CCOCC1)S(=O)(=O)CCCC(F)(F)F. The van der Waals surface area contributed by atoms with Crippen molar-refractivity contribution in [1.82, 2.24) is 5.32 Å². The standard InChI is InChI=1S/C16H25F3N2O5S/c1-15(2,27(24,25)9-3-6-16(17,18)19)14(23)21-13(22)10-12(20)11-4-7-26-8-5-11/h11,20H,3-10H2,1-2H3,(H,21,22,23). The molecule has 2 N–H and O–H groups in total. The minimum Gasteiger partial charge on any atom is -0.381 e. The molecule has 1 heterocycles. The third-order valence-corrected chi connectivity index (χ3v) is 7.08. The van der Waals surface area contributed by atoms with Crippen molar-refractivity contribution in [3.8, 4) is 0 Å². The number of carbonyl (C=O) groups is 2. The molecule has 1 fully saturated rings. The second-order valence-electron chi connectivity index (χ2n) is 7.01. The van der Waals surface area contributed by atoms with E-state index in [1.54, 1.807) is 0 Å². The number of halogens is 3. The number of hydrogen-bond donors (Lipinski definition) is 2. The fourth-order valence-corrected chi connectivity index (χ4v) is 3.91. The molecule has 1 aliphatic rings. The van der Waals surface area contributed by atoms with E-state index in [0.29, 0.717) is 26.1 Å². The second-order valence-corrected chi connectivity index (χ2v) is 9.67. The molecular weight excluding hydrogens is 389 g/mol. The van der Waals surface area contributed by atoms with E-state index in [-0.39, 0.29) is 18.1 Å². The van der Waals surface area contributed by atoms with Gasteiger partial charge in [0.25, 0.3) is 0 Å². The average molecular weight is 414 g/mol. The zero-order chi connectivity index (χ0) is 20.9. The number of nitrogens with one attached hydrogen (secondary N) is 2. The summed E-state index contributed by atoms with van der Waals surface area (Å²) in [6, 6.07) is 0. The van der Waals surface area contributed by atoms with Crippen LogP contribution in [0.15, 0.2) is 0 Å². The Morgan fingerprint density at radius 3 is 2.26 bits per heavy atom. The van der Waals surface area contributed by atoms with E-state index in [4.69, 9.17) is 10.1 Å². The predicted molar refractivity (Wildman–Crippen MR) is 92.2 cm³/mol. The number of alkyl halides is 3. The highest BCUT2D eigenvalue weighted by Crippen LogP contribution is 2.25. The molecule has 1 aliphatic heterocycles. The molecule has 0 aromatic carbocycles. The van der Waals surface area contributed by atoms with Gasteiger partial charge >= 0.3 is 6.18 Å². The van der Waals surface area contributed by atoms with Gasteiger partial charge < -0.3 is 10.1 Å². The third-order valence-electron chi connectivity index (χ3n) is 4.52. The summed E-state index contributed by atoms with van der Waals surface area (Å²) in [5, 5.41) is 9.89. The Morgan fingerprint density at radius 2 is 1.74 bits per heavy atom. The van der Waals surface area contributed by atoms with Crippen LogP contribution in [0.2, 0.25) is 0 Å². The number of ether oxygens (including phenoxy) is 1. The van der Waals surface area contributed by atoms with E-state index in [2.05, 4.69) is 0 Å². The molecule has 0 aliphatic carbocycles. The quantitative estimate of drug-likeness (QED) is 0.590. The zero-order valence-electron chi connectivity index (χ0n) is 15.3. The van der Waals surface area contributed by atoms with Crippen LogP contribution in [0.1, 0.15) is 46.0 Å². The van der Waals surface area contributed by atoms with Crippen molar-refractivity contribution in [2.75, 3.05) is 19.0 Å². The highest BCUT2D eigenvalue weighted by Gasteiger charge is 2.42. The van der Waals surface area contributed by atoms with Gasteiger partial charge in [-0.15, -0.1) is 0 Å². The third kappa shape index (κ3) is 7.21. The van der Waals surface area contributed by atoms with Crippen molar-refractivity contribution in [3.63, 3.8) is 0 Å². The maximum atomic E-state index is 12.2. The van der Waals surface area contributed by atoms with Gasteiger partial charge in [-0.25, -0.2) is 8.42 Å². The van der Waals surface area contributed by atoms with E-state index in [1.165, 1.54) is 0 Å². The Bertz CT molecular complexity index is 668. The van der Waals surface area contributed by atoms with Crippen LogP contribution in [-0.4, -0.2) is 55.8 Å². The van der Waals surface area contributed by atoms with E-state index in [1.807, 2.05) is 5.32 Å². The fourth-order valence-electron chi connectivity index (χ4n) is 2.54. The van der Waals surface area contributed by atoms with Gasteiger partial charge in [-0.3, -0.25) is 14.9 Å². The molecule has 0 unspecified atom stereocenters. The highest BCUT2D eigenvalue weighted by atomic mass is 32.2. The topological polar surface area (TPSA) is 113 Å². The average Bonchev–Trinajstić information content (AvgIpc) is 2.53. The van der Waals surface area contributed by atoms with Gasteiger partial charge in [0.2, 0.25) is 11.8 Å². The van der Waals surface area contributed by atoms with Crippen molar-refractivity contribution < 1.29 is 35.9 Å². The van der Waals surface area contributed by atoms with Crippen LogP contribution < -0.4 is 5.32 Å². The molecule has 7 nitrogen and oxygen atoms in total. The Kier molecular flexibility index (Phi) is 7.97. The molecule has 0 aromatic rings. The van der Waals surface area contributed by atoms with E-state index >= 15 is 0 Å². The molecular formula is C16H25F3N2O5S. The largest absolute Gasteiger partial charge is 0.389 e. The predicted octanol–water partition coefficient (Wildman–Crippen LogP) is 2.00. The Balaban J connectivity index is 2.61. The summed E-state index contributed by atoms with van der Waals surface area (Å²) < 4.78 is 64.1. The van der Waals surface area contributed by atoms with Gasteiger partial charge in [0, 0.05) is 31.3 Å². The van der Waals surface area contributed by atoms with E-state index in [0.717, 1.165) is 13.8 Å². The molecule has 0 aromatic heterocycles. The first-order valence-electron chi connectivity index (χ1n) is 8.54. The van der Waals surface area contributed by atoms with Crippen LogP contribution in [-0.2, 0) is 24.2 Å². The smallest absolute Gasteiger partial charge is 0.381 e. The van der Waals surface area contributed by atoms with Crippen LogP contribution >= 0.6 is 0 Å². The Hall–Kier alpha value is -1.49. The maximum Gasteiger partial charge on any atom is 0.389 e. The number of sulfone groups is 1.